The van der Waals surface area contributed by atoms with Crippen LogP contribution in [0.4, 0.5) is 24.7 Å². The van der Waals surface area contributed by atoms with Crippen LogP contribution in [0.2, 0.25) is 0 Å². The number of carbonyl (C=O) groups is 1. The Bertz CT molecular complexity index is 1240. The largest absolute Gasteiger partial charge is 0.346 e. The van der Waals surface area contributed by atoms with Gasteiger partial charge < -0.3 is 10.2 Å². The van der Waals surface area contributed by atoms with Gasteiger partial charge in [0.05, 0.1) is 12.1 Å². The fourth-order valence-electron chi connectivity index (χ4n) is 3.08. The Hall–Kier alpha value is -3.95. The monoisotopic (exact) mass is 426 g/mol. The van der Waals surface area contributed by atoms with Gasteiger partial charge in [-0.15, -0.1) is 15.3 Å². The number of halogens is 3. The molecule has 31 heavy (non-hydrogen) atoms. The van der Waals surface area contributed by atoms with E-state index in [2.05, 4.69) is 20.6 Å². The average molecular weight is 426 g/mol. The van der Waals surface area contributed by atoms with E-state index < -0.39 is 29.0 Å². The Morgan fingerprint density at radius 1 is 0.968 bits per heavy atom. The number of hydrogen-bond donors (Lipinski definition) is 1. The summed E-state index contributed by atoms with van der Waals surface area (Å²) in [5.41, 5.74) is 0.124. The number of amides is 1. The van der Waals surface area contributed by atoms with Crippen molar-refractivity contribution in [3.05, 3.63) is 72.0 Å². The number of benzene rings is 2. The molecule has 7 nitrogen and oxygen atoms in total. The first-order chi connectivity index (χ1) is 15.0. The molecule has 2 aromatic heterocycles. The molecule has 1 N–H and O–H groups in total. The quantitative estimate of drug-likeness (QED) is 0.509. The summed E-state index contributed by atoms with van der Waals surface area (Å²) in [7, 11) is 0. The molecule has 0 aliphatic rings. The first-order valence-corrected chi connectivity index (χ1v) is 9.44. The maximum absolute atomic E-state index is 14.2. The van der Waals surface area contributed by atoms with E-state index >= 15 is 0 Å². The number of nitrogens with zero attached hydrogens (tertiary/aromatic N) is 5. The van der Waals surface area contributed by atoms with Crippen molar-refractivity contribution in [2.75, 3.05) is 23.3 Å². The summed E-state index contributed by atoms with van der Waals surface area (Å²) in [6.45, 7) is 1.97. The highest BCUT2D eigenvalue weighted by molar-refractivity contribution is 5.94. The average Bonchev–Trinajstić information content (AvgIpc) is 3.18. The molecule has 158 valence electrons. The van der Waals surface area contributed by atoms with E-state index in [1.807, 2.05) is 0 Å². The number of hydrogen-bond acceptors (Lipinski definition) is 5. The molecule has 4 aromatic rings. The van der Waals surface area contributed by atoms with Crippen LogP contribution in [-0.2, 0) is 4.79 Å². The molecule has 0 aliphatic carbocycles. The number of anilines is 2. The zero-order chi connectivity index (χ0) is 22.0. The molecule has 0 saturated heterocycles. The highest BCUT2D eigenvalue weighted by Crippen LogP contribution is 2.22. The number of para-hydroxylation sites is 1. The van der Waals surface area contributed by atoms with E-state index in [9.17, 15) is 18.0 Å². The lowest BCUT2D eigenvalue weighted by molar-refractivity contribution is -0.115. The Balaban J connectivity index is 1.61. The Kier molecular flexibility index (Phi) is 5.52. The molecule has 0 fully saturated rings. The Morgan fingerprint density at radius 2 is 1.68 bits per heavy atom. The number of fused-ring (bicyclic) bond motifs is 1. The van der Waals surface area contributed by atoms with Crippen LogP contribution in [-0.4, -0.2) is 38.8 Å². The van der Waals surface area contributed by atoms with Gasteiger partial charge in [-0.25, -0.2) is 13.2 Å². The highest BCUT2D eigenvalue weighted by Gasteiger charge is 2.18. The molecule has 2 aromatic carbocycles. The van der Waals surface area contributed by atoms with Crippen LogP contribution in [0.5, 0.6) is 0 Å². The summed E-state index contributed by atoms with van der Waals surface area (Å²) < 4.78 is 43.2. The van der Waals surface area contributed by atoms with E-state index in [4.69, 9.17) is 0 Å². The van der Waals surface area contributed by atoms with Crippen molar-refractivity contribution >= 4 is 23.1 Å². The van der Waals surface area contributed by atoms with Crippen molar-refractivity contribution in [2.45, 2.75) is 6.92 Å². The third kappa shape index (κ3) is 4.04. The van der Waals surface area contributed by atoms with Gasteiger partial charge in [-0.1, -0.05) is 18.2 Å². The van der Waals surface area contributed by atoms with Crippen LogP contribution >= 0.6 is 0 Å². The maximum Gasteiger partial charge on any atom is 0.244 e. The lowest BCUT2D eigenvalue weighted by Crippen LogP contribution is -2.34. The summed E-state index contributed by atoms with van der Waals surface area (Å²) in [5.74, 6) is -2.22. The van der Waals surface area contributed by atoms with Crippen molar-refractivity contribution in [3.63, 3.8) is 0 Å². The van der Waals surface area contributed by atoms with E-state index in [1.54, 1.807) is 42.2 Å². The maximum atomic E-state index is 14.2. The molecule has 0 bridgehead atoms. The molecule has 0 atom stereocenters. The fraction of sp³-hybridized carbons (Fsp3) is 0.143. The third-order valence-corrected chi connectivity index (χ3v) is 4.63. The lowest BCUT2D eigenvalue weighted by atomic mass is 10.2. The van der Waals surface area contributed by atoms with Gasteiger partial charge in [0.25, 0.3) is 0 Å². The van der Waals surface area contributed by atoms with Crippen molar-refractivity contribution in [1.29, 1.82) is 0 Å². The van der Waals surface area contributed by atoms with Crippen LogP contribution in [0, 0.1) is 17.5 Å². The van der Waals surface area contributed by atoms with Gasteiger partial charge >= 0.3 is 0 Å². The van der Waals surface area contributed by atoms with Crippen LogP contribution in [0.1, 0.15) is 6.92 Å². The third-order valence-electron chi connectivity index (χ3n) is 4.63. The van der Waals surface area contributed by atoms with Crippen molar-refractivity contribution in [2.24, 2.45) is 0 Å². The van der Waals surface area contributed by atoms with Crippen LogP contribution < -0.4 is 10.2 Å². The van der Waals surface area contributed by atoms with E-state index in [0.29, 0.717) is 18.0 Å². The highest BCUT2D eigenvalue weighted by atomic mass is 19.1. The Morgan fingerprint density at radius 3 is 2.39 bits per heavy atom. The number of carbonyl (C=O) groups excluding carboxylic acids is 1. The summed E-state index contributed by atoms with van der Waals surface area (Å²) >= 11 is 0. The van der Waals surface area contributed by atoms with Crippen molar-refractivity contribution < 1.29 is 18.0 Å². The number of aromatic nitrogens is 4. The smallest absolute Gasteiger partial charge is 0.244 e. The second-order valence-electron chi connectivity index (χ2n) is 6.62. The summed E-state index contributed by atoms with van der Waals surface area (Å²) in [4.78, 5) is 14.0. The van der Waals surface area contributed by atoms with Crippen LogP contribution in [0.25, 0.3) is 17.0 Å². The van der Waals surface area contributed by atoms with Gasteiger partial charge in [-0.3, -0.25) is 4.79 Å². The van der Waals surface area contributed by atoms with E-state index in [1.165, 1.54) is 16.6 Å². The minimum atomic E-state index is -0.866. The first-order valence-electron chi connectivity index (χ1n) is 9.44. The minimum absolute atomic E-state index is 0.208. The minimum Gasteiger partial charge on any atom is -0.346 e. The molecule has 10 heteroatoms. The van der Waals surface area contributed by atoms with Gasteiger partial charge in [-0.05, 0) is 43.3 Å². The van der Waals surface area contributed by atoms with Crippen LogP contribution in [0.3, 0.4) is 0 Å². The summed E-state index contributed by atoms with van der Waals surface area (Å²) in [5, 5.41) is 14.7. The molecule has 1 amide bonds. The molecule has 0 unspecified atom stereocenters. The molecule has 0 radical (unpaired) electrons. The number of nitrogens with one attached hydrogen (secondary N) is 1. The van der Waals surface area contributed by atoms with Gasteiger partial charge in [0.15, 0.2) is 11.5 Å². The molecule has 0 saturated carbocycles. The second-order valence-corrected chi connectivity index (χ2v) is 6.62. The zero-order valence-corrected chi connectivity index (χ0v) is 16.4. The zero-order valence-electron chi connectivity index (χ0n) is 16.4. The summed E-state index contributed by atoms with van der Waals surface area (Å²) in [6.07, 6.45) is 0. The Labute approximate surface area is 175 Å². The van der Waals surface area contributed by atoms with Gasteiger partial charge in [0.1, 0.15) is 29.0 Å². The van der Waals surface area contributed by atoms with Crippen LogP contribution in [0.15, 0.2) is 54.6 Å². The second kappa shape index (κ2) is 8.42. The van der Waals surface area contributed by atoms with Crippen molar-refractivity contribution in [3.8, 4) is 11.4 Å². The molecule has 0 aliphatic heterocycles. The predicted octanol–water partition coefficient (Wildman–Crippen LogP) is 3.67. The lowest BCUT2D eigenvalue weighted by Gasteiger charge is -2.21. The van der Waals surface area contributed by atoms with Gasteiger partial charge in [0, 0.05) is 6.54 Å². The normalized spacial score (nSPS) is 11.0. The standard InChI is InChI=1S/C21H17F3N6O/c1-2-29(12-19(31)25-20-15(23)8-5-9-16(20)24)18-11-10-17-26-27-21(30(17)28-18)13-6-3-4-7-14(13)22/h3-11H,2,12H2,1H3,(H,25,31). The van der Waals surface area contributed by atoms with E-state index in [-0.39, 0.29) is 17.9 Å². The SMILES string of the molecule is CCN(CC(=O)Nc1c(F)cccc1F)c1ccc2nnc(-c3ccccc3F)n2n1. The van der Waals surface area contributed by atoms with Gasteiger partial charge in [0.2, 0.25) is 5.91 Å². The topological polar surface area (TPSA) is 75.4 Å². The summed E-state index contributed by atoms with van der Waals surface area (Å²) in [6, 6.07) is 12.7. The predicted molar refractivity (Wildman–Crippen MR) is 109 cm³/mol. The molecular weight excluding hydrogens is 409 g/mol. The number of rotatable bonds is 6. The first kappa shape index (κ1) is 20.3. The fourth-order valence-corrected chi connectivity index (χ4v) is 3.08. The molecule has 2 heterocycles. The molecular formula is C21H17F3N6O. The molecule has 0 spiro atoms. The van der Waals surface area contributed by atoms with Crippen molar-refractivity contribution in [1.82, 2.24) is 19.8 Å². The van der Waals surface area contributed by atoms with Gasteiger partial charge in [-0.2, -0.15) is 4.52 Å². The number of likely N-dealkylation sites (N-methyl/N-ethyl adjacent to an activating group) is 1. The van der Waals surface area contributed by atoms with E-state index in [0.717, 1.165) is 12.1 Å². The molecule has 4 rings (SSSR count).